The number of likely N-dealkylation sites (N-methyl/N-ethyl adjacent to an activating group) is 1. The van der Waals surface area contributed by atoms with Crippen LogP contribution in [0.2, 0.25) is 6.32 Å². The van der Waals surface area contributed by atoms with Gasteiger partial charge in [-0.1, -0.05) is 71.7 Å². The molecule has 2 aliphatic heterocycles. The summed E-state index contributed by atoms with van der Waals surface area (Å²) < 4.78 is 12.4. The first-order valence-electron chi connectivity index (χ1n) is 13.4. The van der Waals surface area contributed by atoms with Gasteiger partial charge in [-0.3, -0.25) is 4.90 Å². The fourth-order valence-corrected chi connectivity index (χ4v) is 5.57. The SMILES string of the molecule is CCN1Cc2ccccc2CC1CCC(C)(CCCCB1OC(C)(C)C(C)(C)O1)C(C)(C)C. The van der Waals surface area contributed by atoms with E-state index >= 15 is 0 Å². The number of hydrogen-bond acceptors (Lipinski definition) is 3. The highest BCUT2D eigenvalue weighted by Crippen LogP contribution is 2.47. The molecule has 2 atom stereocenters. The molecule has 4 heteroatoms. The van der Waals surface area contributed by atoms with E-state index in [1.54, 1.807) is 5.56 Å². The van der Waals surface area contributed by atoms with Gasteiger partial charge >= 0.3 is 7.12 Å². The molecular weight excluding hydrogens is 405 g/mol. The minimum absolute atomic E-state index is 0.0590. The van der Waals surface area contributed by atoms with Gasteiger partial charge in [-0.25, -0.2) is 0 Å². The summed E-state index contributed by atoms with van der Waals surface area (Å²) in [4.78, 5) is 2.70. The van der Waals surface area contributed by atoms with Gasteiger partial charge in [-0.2, -0.15) is 0 Å². The number of hydrogen-bond donors (Lipinski definition) is 0. The van der Waals surface area contributed by atoms with E-state index in [-0.39, 0.29) is 18.3 Å². The van der Waals surface area contributed by atoms with Gasteiger partial charge in [0, 0.05) is 12.6 Å². The molecule has 0 saturated carbocycles. The van der Waals surface area contributed by atoms with Crippen LogP contribution in [0.3, 0.4) is 0 Å². The summed E-state index contributed by atoms with van der Waals surface area (Å²) >= 11 is 0. The Morgan fingerprint density at radius 1 is 0.939 bits per heavy atom. The van der Waals surface area contributed by atoms with Crippen LogP contribution in [0, 0.1) is 10.8 Å². The lowest BCUT2D eigenvalue weighted by Crippen LogP contribution is -2.42. The summed E-state index contributed by atoms with van der Waals surface area (Å²) in [6.07, 6.45) is 8.44. The first-order chi connectivity index (χ1) is 15.3. The molecule has 3 rings (SSSR count). The van der Waals surface area contributed by atoms with E-state index in [0.717, 1.165) is 19.4 Å². The van der Waals surface area contributed by atoms with Gasteiger partial charge in [0.05, 0.1) is 11.2 Å². The summed E-state index contributed by atoms with van der Waals surface area (Å²) in [6, 6.07) is 9.71. The van der Waals surface area contributed by atoms with Crippen molar-refractivity contribution in [1.29, 1.82) is 0 Å². The van der Waals surface area contributed by atoms with Crippen molar-refractivity contribution in [2.24, 2.45) is 10.8 Å². The van der Waals surface area contributed by atoms with Crippen LogP contribution in [0.1, 0.15) is 106 Å². The zero-order valence-electron chi connectivity index (χ0n) is 23.1. The summed E-state index contributed by atoms with van der Waals surface area (Å²) in [5.41, 5.74) is 3.27. The van der Waals surface area contributed by atoms with Gasteiger partial charge in [0.1, 0.15) is 0 Å². The van der Waals surface area contributed by atoms with Crippen molar-refractivity contribution in [3.8, 4) is 0 Å². The second-order valence-corrected chi connectivity index (χ2v) is 13.0. The zero-order chi connectivity index (χ0) is 24.5. The predicted molar refractivity (Wildman–Crippen MR) is 142 cm³/mol. The van der Waals surface area contributed by atoms with Crippen molar-refractivity contribution < 1.29 is 9.31 Å². The highest BCUT2D eigenvalue weighted by molar-refractivity contribution is 6.45. The molecule has 0 spiro atoms. The van der Waals surface area contributed by atoms with Crippen molar-refractivity contribution in [1.82, 2.24) is 4.90 Å². The quantitative estimate of drug-likeness (QED) is 0.284. The van der Waals surface area contributed by atoms with Gasteiger partial charge in [-0.05, 0) is 88.2 Å². The molecule has 0 N–H and O–H groups in total. The van der Waals surface area contributed by atoms with E-state index in [1.807, 2.05) is 0 Å². The molecule has 1 aromatic rings. The average Bonchev–Trinajstić information content (AvgIpc) is 2.94. The Hall–Kier alpha value is -0.835. The molecule has 0 aliphatic carbocycles. The third-order valence-corrected chi connectivity index (χ3v) is 9.43. The smallest absolute Gasteiger partial charge is 0.403 e. The van der Waals surface area contributed by atoms with Crippen LogP contribution in [-0.4, -0.2) is 35.8 Å². The molecule has 2 aliphatic rings. The molecular formula is C29H50BNO2. The van der Waals surface area contributed by atoms with E-state index in [4.69, 9.17) is 9.31 Å². The van der Waals surface area contributed by atoms with Crippen LogP contribution in [0.4, 0.5) is 0 Å². The Kier molecular flexibility index (Phi) is 8.14. The molecule has 0 aromatic heterocycles. The molecule has 186 valence electrons. The maximum Gasteiger partial charge on any atom is 0.457 e. The molecule has 1 fully saturated rings. The lowest BCUT2D eigenvalue weighted by atomic mass is 9.62. The molecule has 3 nitrogen and oxygen atoms in total. The Labute approximate surface area is 205 Å². The highest BCUT2D eigenvalue weighted by atomic mass is 16.7. The monoisotopic (exact) mass is 455 g/mol. The third-order valence-electron chi connectivity index (χ3n) is 9.43. The second-order valence-electron chi connectivity index (χ2n) is 13.0. The van der Waals surface area contributed by atoms with Crippen LogP contribution >= 0.6 is 0 Å². The number of rotatable bonds is 9. The van der Waals surface area contributed by atoms with E-state index in [1.165, 1.54) is 44.1 Å². The summed E-state index contributed by atoms with van der Waals surface area (Å²) in [7, 11) is -0.0590. The van der Waals surface area contributed by atoms with E-state index in [9.17, 15) is 0 Å². The largest absolute Gasteiger partial charge is 0.457 e. The van der Waals surface area contributed by atoms with Gasteiger partial charge in [0.25, 0.3) is 0 Å². The van der Waals surface area contributed by atoms with Gasteiger partial charge in [0.2, 0.25) is 0 Å². The highest BCUT2D eigenvalue weighted by Gasteiger charge is 2.50. The van der Waals surface area contributed by atoms with Crippen LogP contribution in [0.5, 0.6) is 0 Å². The molecule has 0 bridgehead atoms. The van der Waals surface area contributed by atoms with Crippen molar-refractivity contribution in [2.75, 3.05) is 6.54 Å². The van der Waals surface area contributed by atoms with E-state index in [2.05, 4.69) is 91.5 Å². The molecule has 33 heavy (non-hydrogen) atoms. The second kappa shape index (κ2) is 10.0. The van der Waals surface area contributed by atoms with E-state index in [0.29, 0.717) is 16.9 Å². The summed E-state index contributed by atoms with van der Waals surface area (Å²) in [6.45, 7) is 23.0. The normalized spacial score (nSPS) is 24.5. The fraction of sp³-hybridized carbons (Fsp3) is 0.793. The maximum atomic E-state index is 6.22. The maximum absolute atomic E-state index is 6.22. The Balaban J connectivity index is 1.55. The van der Waals surface area contributed by atoms with Crippen LogP contribution < -0.4 is 0 Å². The molecule has 1 aromatic carbocycles. The van der Waals surface area contributed by atoms with Crippen LogP contribution in [0.25, 0.3) is 0 Å². The molecule has 1 saturated heterocycles. The third kappa shape index (κ3) is 6.06. The van der Waals surface area contributed by atoms with Crippen molar-refractivity contribution >= 4 is 7.12 Å². The lowest BCUT2D eigenvalue weighted by Gasteiger charge is -2.45. The fourth-order valence-electron chi connectivity index (χ4n) is 5.57. The average molecular weight is 456 g/mol. The van der Waals surface area contributed by atoms with Crippen LogP contribution in [0.15, 0.2) is 24.3 Å². The topological polar surface area (TPSA) is 21.7 Å². The number of unbranched alkanes of at least 4 members (excludes halogenated alkanes) is 1. The molecule has 2 unspecified atom stereocenters. The Bertz CT molecular complexity index is 768. The first kappa shape index (κ1) is 26.8. The molecule has 0 radical (unpaired) electrons. The van der Waals surface area contributed by atoms with Crippen molar-refractivity contribution in [3.05, 3.63) is 35.4 Å². The minimum atomic E-state index is -0.221. The lowest BCUT2D eigenvalue weighted by molar-refractivity contribution is 0.00578. The number of fused-ring (bicyclic) bond motifs is 1. The van der Waals surface area contributed by atoms with Gasteiger partial charge < -0.3 is 9.31 Å². The van der Waals surface area contributed by atoms with Gasteiger partial charge in [-0.15, -0.1) is 0 Å². The summed E-state index contributed by atoms with van der Waals surface area (Å²) in [5, 5.41) is 0. The zero-order valence-corrected chi connectivity index (χ0v) is 23.1. The molecule has 2 heterocycles. The predicted octanol–water partition coefficient (Wildman–Crippen LogP) is 7.53. The summed E-state index contributed by atoms with van der Waals surface area (Å²) in [5.74, 6) is 0. The molecule has 0 amide bonds. The van der Waals surface area contributed by atoms with Crippen molar-refractivity contribution in [3.63, 3.8) is 0 Å². The minimum Gasteiger partial charge on any atom is -0.403 e. The Morgan fingerprint density at radius 3 is 2.12 bits per heavy atom. The Morgan fingerprint density at radius 2 is 1.55 bits per heavy atom. The first-order valence-corrected chi connectivity index (χ1v) is 13.4. The van der Waals surface area contributed by atoms with Crippen molar-refractivity contribution in [2.45, 2.75) is 131 Å². The number of nitrogens with zero attached hydrogens (tertiary/aromatic N) is 1. The van der Waals surface area contributed by atoms with Crippen LogP contribution in [-0.2, 0) is 22.3 Å². The van der Waals surface area contributed by atoms with E-state index < -0.39 is 0 Å². The standard InChI is InChI=1S/C29H50BNO2/c1-10-31-22-24-16-12-11-15-23(24)21-25(31)17-19-29(9,26(2,3)4)18-13-14-20-30-32-27(5,6)28(7,8)33-30/h11-12,15-16,25H,10,13-14,17-22H2,1-9H3. The van der Waals surface area contributed by atoms with Gasteiger partial charge in [0.15, 0.2) is 0 Å². The number of benzene rings is 1.